The van der Waals surface area contributed by atoms with E-state index < -0.39 is 0 Å². The summed E-state index contributed by atoms with van der Waals surface area (Å²) in [5.74, 6) is 0.916. The van der Waals surface area contributed by atoms with Gasteiger partial charge in [0, 0.05) is 18.4 Å². The number of hydrogen-bond acceptors (Lipinski definition) is 3. The van der Waals surface area contributed by atoms with Gasteiger partial charge in [-0.15, -0.1) is 0 Å². The van der Waals surface area contributed by atoms with Gasteiger partial charge in [0.25, 0.3) is 0 Å². The molecule has 2 N–H and O–H groups in total. The topological polar surface area (TPSA) is 71.3 Å². The molecule has 0 spiro atoms. The summed E-state index contributed by atoms with van der Waals surface area (Å²) >= 11 is 0. The van der Waals surface area contributed by atoms with Gasteiger partial charge in [-0.3, -0.25) is 9.59 Å². The van der Waals surface area contributed by atoms with Gasteiger partial charge in [0.2, 0.25) is 11.8 Å². The average molecular weight is 306 g/mol. The van der Waals surface area contributed by atoms with Gasteiger partial charge >= 0.3 is 0 Å². The summed E-state index contributed by atoms with van der Waals surface area (Å²) in [5, 5.41) is 5.66. The van der Waals surface area contributed by atoms with Crippen molar-refractivity contribution in [3.05, 3.63) is 24.2 Å². The number of carbonyl (C=O) groups excluding carboxylic acids is 2. The molecule has 22 heavy (non-hydrogen) atoms. The first-order valence-corrected chi connectivity index (χ1v) is 8.24. The lowest BCUT2D eigenvalue weighted by Gasteiger charge is -2.21. The minimum atomic E-state index is -0.129. The minimum absolute atomic E-state index is 0.0260. The predicted octanol–water partition coefficient (Wildman–Crippen LogP) is 2.41. The van der Waals surface area contributed by atoms with Gasteiger partial charge in [0.15, 0.2) is 0 Å². The summed E-state index contributed by atoms with van der Waals surface area (Å²) in [6.45, 7) is 2.03. The summed E-state index contributed by atoms with van der Waals surface area (Å²) in [5.41, 5.74) is 0. The maximum absolute atomic E-state index is 12.0. The summed E-state index contributed by atoms with van der Waals surface area (Å²) in [7, 11) is 0. The summed E-state index contributed by atoms with van der Waals surface area (Å²) in [4.78, 5) is 23.8. The largest absolute Gasteiger partial charge is 0.469 e. The van der Waals surface area contributed by atoms with E-state index in [0.29, 0.717) is 0 Å². The molecule has 1 aromatic heterocycles. The maximum Gasteiger partial charge on any atom is 0.239 e. The number of amides is 2. The molecule has 0 aliphatic heterocycles. The van der Waals surface area contributed by atoms with Crippen LogP contribution in [0.5, 0.6) is 0 Å². The molecule has 1 unspecified atom stereocenters. The van der Waals surface area contributed by atoms with Crippen LogP contribution in [0.4, 0.5) is 0 Å². The van der Waals surface area contributed by atoms with Crippen molar-refractivity contribution in [3.63, 3.8) is 0 Å². The van der Waals surface area contributed by atoms with E-state index >= 15 is 0 Å². The molecule has 2 rings (SSSR count). The number of rotatable bonds is 7. The number of nitrogens with one attached hydrogen (secondary N) is 2. The molecule has 0 radical (unpaired) electrons. The molecule has 5 heteroatoms. The summed E-state index contributed by atoms with van der Waals surface area (Å²) in [6, 6.07) is 3.85. The molecular weight excluding hydrogens is 280 g/mol. The van der Waals surface area contributed by atoms with Gasteiger partial charge in [0.05, 0.1) is 12.8 Å². The quantitative estimate of drug-likeness (QED) is 0.812. The van der Waals surface area contributed by atoms with Gasteiger partial charge in [-0.1, -0.05) is 19.3 Å². The predicted molar refractivity (Wildman–Crippen MR) is 84.2 cm³/mol. The number of carbonyl (C=O) groups is 2. The number of hydrogen-bond donors (Lipinski definition) is 2. The van der Waals surface area contributed by atoms with Crippen LogP contribution < -0.4 is 10.6 Å². The van der Waals surface area contributed by atoms with Crippen molar-refractivity contribution in [2.45, 2.75) is 57.9 Å². The second kappa shape index (κ2) is 8.61. The molecule has 0 aromatic carbocycles. The fraction of sp³-hybridized carbons (Fsp3) is 0.647. The smallest absolute Gasteiger partial charge is 0.239 e. The van der Waals surface area contributed by atoms with E-state index in [-0.39, 0.29) is 30.3 Å². The Labute approximate surface area is 131 Å². The standard InChI is InChI=1S/C17H26N2O3/c1-13(9-10-15-8-5-11-22-15)19-16(20)12-18-17(21)14-6-3-2-4-7-14/h5,8,11,13-14H,2-4,6-7,9-10,12H2,1H3,(H,18,21)(H,19,20). The second-order valence-corrected chi connectivity index (χ2v) is 6.14. The van der Waals surface area contributed by atoms with Crippen molar-refractivity contribution < 1.29 is 14.0 Å². The highest BCUT2D eigenvalue weighted by atomic mass is 16.3. The van der Waals surface area contributed by atoms with Gasteiger partial charge in [-0.2, -0.15) is 0 Å². The van der Waals surface area contributed by atoms with Gasteiger partial charge in [-0.25, -0.2) is 0 Å². The molecule has 1 atom stereocenters. The highest BCUT2D eigenvalue weighted by Crippen LogP contribution is 2.23. The van der Waals surface area contributed by atoms with Crippen LogP contribution in [0.2, 0.25) is 0 Å². The fourth-order valence-electron chi connectivity index (χ4n) is 2.89. The van der Waals surface area contributed by atoms with Crippen LogP contribution in [0.1, 0.15) is 51.2 Å². The van der Waals surface area contributed by atoms with Crippen molar-refractivity contribution in [1.29, 1.82) is 0 Å². The van der Waals surface area contributed by atoms with Crippen LogP contribution in [-0.4, -0.2) is 24.4 Å². The molecule has 122 valence electrons. The third-order valence-corrected chi connectivity index (χ3v) is 4.21. The van der Waals surface area contributed by atoms with Crippen LogP contribution in [0.3, 0.4) is 0 Å². The summed E-state index contributed by atoms with van der Waals surface area (Å²) < 4.78 is 5.27. The van der Waals surface area contributed by atoms with Crippen molar-refractivity contribution in [1.82, 2.24) is 10.6 Å². The van der Waals surface area contributed by atoms with Crippen molar-refractivity contribution in [2.24, 2.45) is 5.92 Å². The lowest BCUT2D eigenvalue weighted by Crippen LogP contribution is -2.42. The first-order valence-electron chi connectivity index (χ1n) is 8.24. The first-order chi connectivity index (χ1) is 10.6. The Morgan fingerprint density at radius 1 is 1.32 bits per heavy atom. The van der Waals surface area contributed by atoms with E-state index in [9.17, 15) is 9.59 Å². The van der Waals surface area contributed by atoms with E-state index in [1.807, 2.05) is 19.1 Å². The Bertz CT molecular complexity index is 464. The molecule has 5 nitrogen and oxygen atoms in total. The zero-order valence-electron chi connectivity index (χ0n) is 13.3. The Balaban J connectivity index is 1.61. The van der Waals surface area contributed by atoms with Crippen molar-refractivity contribution >= 4 is 11.8 Å². The van der Waals surface area contributed by atoms with E-state index in [0.717, 1.165) is 44.3 Å². The third-order valence-electron chi connectivity index (χ3n) is 4.21. The molecule has 1 aliphatic carbocycles. The Morgan fingerprint density at radius 3 is 2.77 bits per heavy atom. The molecular formula is C17H26N2O3. The van der Waals surface area contributed by atoms with Crippen LogP contribution in [0.15, 0.2) is 22.8 Å². The SMILES string of the molecule is CC(CCc1ccco1)NC(=O)CNC(=O)C1CCCCC1. The summed E-state index contributed by atoms with van der Waals surface area (Å²) in [6.07, 6.45) is 8.62. The second-order valence-electron chi connectivity index (χ2n) is 6.14. The van der Waals surface area contributed by atoms with E-state index in [1.54, 1.807) is 6.26 Å². The minimum Gasteiger partial charge on any atom is -0.469 e. The zero-order valence-corrected chi connectivity index (χ0v) is 13.3. The van der Waals surface area contributed by atoms with Crippen LogP contribution >= 0.6 is 0 Å². The lowest BCUT2D eigenvalue weighted by molar-refractivity contribution is -0.129. The normalized spacial score (nSPS) is 17.0. The monoisotopic (exact) mass is 306 g/mol. The molecule has 0 saturated heterocycles. The highest BCUT2D eigenvalue weighted by molar-refractivity contribution is 5.85. The fourth-order valence-corrected chi connectivity index (χ4v) is 2.89. The van der Waals surface area contributed by atoms with Gasteiger partial charge < -0.3 is 15.1 Å². The van der Waals surface area contributed by atoms with Crippen molar-refractivity contribution in [3.8, 4) is 0 Å². The van der Waals surface area contributed by atoms with Crippen LogP contribution in [-0.2, 0) is 16.0 Å². The maximum atomic E-state index is 12.0. The van der Waals surface area contributed by atoms with E-state index in [2.05, 4.69) is 10.6 Å². The molecule has 0 bridgehead atoms. The Kier molecular flexibility index (Phi) is 6.49. The molecule has 1 aliphatic rings. The number of furan rings is 1. The van der Waals surface area contributed by atoms with Gasteiger partial charge in [0.1, 0.15) is 5.76 Å². The lowest BCUT2D eigenvalue weighted by atomic mass is 9.89. The van der Waals surface area contributed by atoms with Gasteiger partial charge in [-0.05, 0) is 38.3 Å². The van der Waals surface area contributed by atoms with Crippen LogP contribution in [0, 0.1) is 5.92 Å². The third kappa shape index (κ3) is 5.54. The molecule has 1 aromatic rings. The van der Waals surface area contributed by atoms with E-state index in [1.165, 1.54) is 6.42 Å². The Morgan fingerprint density at radius 2 is 2.09 bits per heavy atom. The first kappa shape index (κ1) is 16.6. The zero-order chi connectivity index (χ0) is 15.8. The average Bonchev–Trinajstić information content (AvgIpc) is 3.05. The Hall–Kier alpha value is -1.78. The molecule has 1 heterocycles. The highest BCUT2D eigenvalue weighted by Gasteiger charge is 2.21. The molecule has 2 amide bonds. The molecule has 1 saturated carbocycles. The van der Waals surface area contributed by atoms with Crippen LogP contribution in [0.25, 0.3) is 0 Å². The van der Waals surface area contributed by atoms with Crippen molar-refractivity contribution in [2.75, 3.05) is 6.54 Å². The molecule has 1 fully saturated rings. The van der Waals surface area contributed by atoms with E-state index in [4.69, 9.17) is 4.42 Å². The number of aryl methyl sites for hydroxylation is 1.